The highest BCUT2D eigenvalue weighted by Crippen LogP contribution is 2.20. The Morgan fingerprint density at radius 3 is 2.89 bits per heavy atom. The number of fused-ring (bicyclic) bond motifs is 1. The van der Waals surface area contributed by atoms with Crippen molar-refractivity contribution >= 4 is 17.4 Å². The minimum atomic E-state index is -0.562. The zero-order valence-corrected chi connectivity index (χ0v) is 10.6. The Morgan fingerprint density at radius 1 is 1.47 bits per heavy atom. The number of aliphatic hydroxyl groups excluding tert-OH is 1. The van der Waals surface area contributed by atoms with Gasteiger partial charge in [-0.15, -0.1) is 0 Å². The van der Waals surface area contributed by atoms with E-state index in [1.54, 1.807) is 5.48 Å². The molecule has 0 bridgehead atoms. The second kappa shape index (κ2) is 5.68. The van der Waals surface area contributed by atoms with Gasteiger partial charge in [0, 0.05) is 5.69 Å². The van der Waals surface area contributed by atoms with Crippen LogP contribution in [0.25, 0.3) is 5.65 Å². The van der Waals surface area contributed by atoms with Crippen LogP contribution in [0.1, 0.15) is 18.3 Å². The monoisotopic (exact) mass is 264 g/mol. The molecule has 1 amide bonds. The third-order valence-electron chi connectivity index (χ3n) is 2.85. The van der Waals surface area contributed by atoms with Crippen LogP contribution in [0, 0.1) is 0 Å². The van der Waals surface area contributed by atoms with Crippen molar-refractivity contribution < 1.29 is 15.1 Å². The summed E-state index contributed by atoms with van der Waals surface area (Å²) >= 11 is 0. The highest BCUT2D eigenvalue weighted by atomic mass is 16.5. The van der Waals surface area contributed by atoms with Crippen LogP contribution in [0.4, 0.5) is 5.82 Å². The summed E-state index contributed by atoms with van der Waals surface area (Å²) < 4.78 is 1.86. The Kier molecular flexibility index (Phi) is 3.98. The molecule has 0 aliphatic carbocycles. The van der Waals surface area contributed by atoms with E-state index in [0.717, 1.165) is 12.1 Å². The molecule has 0 radical (unpaired) electrons. The van der Waals surface area contributed by atoms with Crippen molar-refractivity contribution in [3.05, 3.63) is 29.6 Å². The average molecular weight is 264 g/mol. The van der Waals surface area contributed by atoms with Gasteiger partial charge in [0.1, 0.15) is 17.2 Å². The number of carbonyl (C=O) groups is 1. The summed E-state index contributed by atoms with van der Waals surface area (Å²) in [6.07, 6.45) is 0.791. The SMILES string of the molecule is CCc1cccc2nc(CO)c(NCC(=O)NO)n12. The van der Waals surface area contributed by atoms with Crippen molar-refractivity contribution in [1.29, 1.82) is 0 Å². The summed E-state index contributed by atoms with van der Waals surface area (Å²) in [5, 5.41) is 20.7. The molecule has 0 aromatic carbocycles. The lowest BCUT2D eigenvalue weighted by molar-refractivity contribution is -0.127. The molecule has 0 saturated carbocycles. The fraction of sp³-hybridized carbons (Fsp3) is 0.333. The van der Waals surface area contributed by atoms with Crippen molar-refractivity contribution in [1.82, 2.24) is 14.9 Å². The fourth-order valence-electron chi connectivity index (χ4n) is 1.98. The molecule has 2 heterocycles. The summed E-state index contributed by atoms with van der Waals surface area (Å²) in [5.41, 5.74) is 3.73. The summed E-state index contributed by atoms with van der Waals surface area (Å²) in [6, 6.07) is 5.68. The van der Waals surface area contributed by atoms with Crippen molar-refractivity contribution in [2.24, 2.45) is 0 Å². The van der Waals surface area contributed by atoms with Gasteiger partial charge in [-0.3, -0.25) is 14.4 Å². The number of anilines is 1. The predicted molar refractivity (Wildman–Crippen MR) is 68.9 cm³/mol. The summed E-state index contributed by atoms with van der Waals surface area (Å²) in [7, 11) is 0. The van der Waals surface area contributed by atoms with Gasteiger partial charge in [0.25, 0.3) is 5.91 Å². The number of nitrogens with one attached hydrogen (secondary N) is 2. The molecule has 0 aliphatic heterocycles. The molecule has 0 spiro atoms. The van der Waals surface area contributed by atoms with Crippen LogP contribution in [0.15, 0.2) is 18.2 Å². The lowest BCUT2D eigenvalue weighted by Crippen LogP contribution is -2.27. The standard InChI is InChI=1S/C12H16N4O3/c1-2-8-4-3-5-10-14-9(7-17)12(16(8)10)13-6-11(18)15-19/h3-5,13,17,19H,2,6-7H2,1H3,(H,15,18). The van der Waals surface area contributed by atoms with E-state index >= 15 is 0 Å². The van der Waals surface area contributed by atoms with Crippen LogP contribution in [-0.2, 0) is 17.8 Å². The number of aryl methyl sites for hydroxylation is 1. The number of hydrogen-bond donors (Lipinski definition) is 4. The first kappa shape index (κ1) is 13.3. The maximum absolute atomic E-state index is 11.1. The van der Waals surface area contributed by atoms with Crippen molar-refractivity contribution in [3.63, 3.8) is 0 Å². The number of pyridine rings is 1. The third-order valence-corrected chi connectivity index (χ3v) is 2.85. The molecule has 0 fully saturated rings. The first-order chi connectivity index (χ1) is 9.21. The Balaban J connectivity index is 2.46. The molecule has 2 aromatic heterocycles. The van der Waals surface area contributed by atoms with E-state index in [9.17, 15) is 9.90 Å². The maximum atomic E-state index is 11.1. The van der Waals surface area contributed by atoms with Gasteiger partial charge >= 0.3 is 0 Å². The largest absolute Gasteiger partial charge is 0.390 e. The van der Waals surface area contributed by atoms with Gasteiger partial charge in [0.05, 0.1) is 13.2 Å². The van der Waals surface area contributed by atoms with Crippen LogP contribution in [-0.4, -0.2) is 32.2 Å². The van der Waals surface area contributed by atoms with E-state index in [-0.39, 0.29) is 13.2 Å². The normalized spacial score (nSPS) is 10.7. The van der Waals surface area contributed by atoms with E-state index in [4.69, 9.17) is 5.21 Å². The minimum absolute atomic E-state index is 0.102. The van der Waals surface area contributed by atoms with Crippen molar-refractivity contribution in [2.45, 2.75) is 20.0 Å². The first-order valence-electron chi connectivity index (χ1n) is 5.98. The zero-order valence-electron chi connectivity index (χ0n) is 10.6. The molecule has 0 saturated heterocycles. The molecule has 2 aromatic rings. The van der Waals surface area contributed by atoms with Crippen LogP contribution in [0.3, 0.4) is 0 Å². The minimum Gasteiger partial charge on any atom is -0.390 e. The molecular formula is C12H16N4O3. The quantitative estimate of drug-likeness (QED) is 0.460. The second-order valence-electron chi connectivity index (χ2n) is 4.02. The predicted octanol–water partition coefficient (Wildman–Crippen LogP) is 0.306. The van der Waals surface area contributed by atoms with E-state index in [0.29, 0.717) is 17.2 Å². The lowest BCUT2D eigenvalue weighted by Gasteiger charge is -2.09. The van der Waals surface area contributed by atoms with Crippen molar-refractivity contribution in [2.75, 3.05) is 11.9 Å². The molecule has 0 unspecified atom stereocenters. The Hall–Kier alpha value is -2.12. The number of rotatable bonds is 5. The van der Waals surface area contributed by atoms with Crippen LogP contribution < -0.4 is 10.8 Å². The third kappa shape index (κ3) is 2.51. The van der Waals surface area contributed by atoms with Crippen LogP contribution in [0.2, 0.25) is 0 Å². The number of carbonyl (C=O) groups excluding carboxylic acids is 1. The van der Waals surface area contributed by atoms with E-state index < -0.39 is 5.91 Å². The molecule has 7 heteroatoms. The molecule has 7 nitrogen and oxygen atoms in total. The Morgan fingerprint density at radius 2 is 2.26 bits per heavy atom. The molecule has 0 aliphatic rings. The number of amides is 1. The number of hydroxylamine groups is 1. The highest BCUT2D eigenvalue weighted by molar-refractivity contribution is 5.79. The first-order valence-corrected chi connectivity index (χ1v) is 5.98. The molecular weight excluding hydrogens is 248 g/mol. The number of aliphatic hydroxyl groups is 1. The molecule has 19 heavy (non-hydrogen) atoms. The summed E-state index contributed by atoms with van der Waals surface area (Å²) in [4.78, 5) is 15.4. The zero-order chi connectivity index (χ0) is 13.8. The molecule has 102 valence electrons. The van der Waals surface area contributed by atoms with Crippen LogP contribution in [0.5, 0.6) is 0 Å². The summed E-state index contributed by atoms with van der Waals surface area (Å²) in [6.45, 7) is 1.68. The summed E-state index contributed by atoms with van der Waals surface area (Å²) in [5.74, 6) is 0.00590. The van der Waals surface area contributed by atoms with Crippen LogP contribution >= 0.6 is 0 Å². The van der Waals surface area contributed by atoms with Gasteiger partial charge in [0.2, 0.25) is 0 Å². The van der Waals surface area contributed by atoms with Gasteiger partial charge in [0.15, 0.2) is 0 Å². The lowest BCUT2D eigenvalue weighted by atomic mass is 10.3. The Labute approximate surface area is 109 Å². The smallest absolute Gasteiger partial charge is 0.262 e. The van der Waals surface area contributed by atoms with E-state index in [2.05, 4.69) is 10.3 Å². The fourth-order valence-corrected chi connectivity index (χ4v) is 1.98. The van der Waals surface area contributed by atoms with Gasteiger partial charge in [-0.05, 0) is 18.6 Å². The molecule has 2 rings (SSSR count). The van der Waals surface area contributed by atoms with Gasteiger partial charge in [-0.1, -0.05) is 13.0 Å². The van der Waals surface area contributed by atoms with Gasteiger partial charge in [-0.25, -0.2) is 10.5 Å². The molecule has 0 atom stereocenters. The molecule has 4 N–H and O–H groups in total. The van der Waals surface area contributed by atoms with Gasteiger partial charge in [-0.2, -0.15) is 0 Å². The van der Waals surface area contributed by atoms with E-state index in [1.165, 1.54) is 0 Å². The number of aromatic nitrogens is 2. The maximum Gasteiger partial charge on any atom is 0.262 e. The highest BCUT2D eigenvalue weighted by Gasteiger charge is 2.14. The van der Waals surface area contributed by atoms with Crippen molar-refractivity contribution in [3.8, 4) is 0 Å². The second-order valence-corrected chi connectivity index (χ2v) is 4.02. The Bertz CT molecular complexity index is 594. The topological polar surface area (TPSA) is 98.9 Å². The number of imidazole rings is 1. The number of hydrogen-bond acceptors (Lipinski definition) is 5. The van der Waals surface area contributed by atoms with E-state index in [1.807, 2.05) is 29.5 Å². The average Bonchev–Trinajstić information content (AvgIpc) is 2.82. The van der Waals surface area contributed by atoms with Gasteiger partial charge < -0.3 is 10.4 Å². The number of nitrogens with zero attached hydrogens (tertiary/aromatic N) is 2.